The molecule has 1 aliphatic heterocycles. The first-order valence-electron chi connectivity index (χ1n) is 5.00. The van der Waals surface area contributed by atoms with Gasteiger partial charge in [0.25, 0.3) is 0 Å². The molecule has 0 aromatic rings. The fourth-order valence-corrected chi connectivity index (χ4v) is 1.56. The monoisotopic (exact) mass is 201 g/mol. The molecule has 0 saturated carbocycles. The molecular formula is C10H19NO3. The molecule has 1 saturated heterocycles. The molecule has 1 rings (SSSR count). The van der Waals surface area contributed by atoms with E-state index >= 15 is 0 Å². The Labute approximate surface area is 84.8 Å². The lowest BCUT2D eigenvalue weighted by atomic mass is 10.00. The van der Waals surface area contributed by atoms with Crippen molar-refractivity contribution in [1.29, 1.82) is 0 Å². The number of amides is 1. The number of aliphatic hydroxyl groups is 1. The summed E-state index contributed by atoms with van der Waals surface area (Å²) in [6.07, 6.45) is 0.450. The Morgan fingerprint density at radius 3 is 2.71 bits per heavy atom. The number of rotatable bonds is 2. The van der Waals surface area contributed by atoms with Gasteiger partial charge in [-0.05, 0) is 27.2 Å². The largest absolute Gasteiger partial charge is 0.449 e. The normalized spacial score (nSPS) is 23.6. The van der Waals surface area contributed by atoms with Crippen LogP contribution in [0.25, 0.3) is 0 Å². The highest BCUT2D eigenvalue weighted by atomic mass is 16.6. The van der Waals surface area contributed by atoms with Crippen LogP contribution < -0.4 is 0 Å². The van der Waals surface area contributed by atoms with Crippen LogP contribution in [0.3, 0.4) is 0 Å². The number of hydrogen-bond acceptors (Lipinski definition) is 3. The molecule has 4 nitrogen and oxygen atoms in total. The van der Waals surface area contributed by atoms with Crippen LogP contribution in [0, 0.1) is 5.92 Å². The van der Waals surface area contributed by atoms with E-state index in [0.29, 0.717) is 19.6 Å². The van der Waals surface area contributed by atoms with E-state index in [4.69, 9.17) is 9.84 Å². The number of nitrogens with zero attached hydrogens (tertiary/aromatic N) is 1. The summed E-state index contributed by atoms with van der Waals surface area (Å²) in [6, 6.07) is 0. The van der Waals surface area contributed by atoms with E-state index in [1.807, 2.05) is 20.8 Å². The number of carbonyl (C=O) groups is 1. The molecule has 1 amide bonds. The SMILES string of the molecule is CC(C)(C)N1CC(CCO)COC1=O. The lowest BCUT2D eigenvalue weighted by Crippen LogP contribution is -2.52. The Morgan fingerprint density at radius 1 is 1.57 bits per heavy atom. The zero-order valence-electron chi connectivity index (χ0n) is 9.12. The number of cyclic esters (lactones) is 1. The van der Waals surface area contributed by atoms with E-state index < -0.39 is 0 Å². The fraction of sp³-hybridized carbons (Fsp3) is 0.900. The molecule has 0 bridgehead atoms. The van der Waals surface area contributed by atoms with Crippen molar-refractivity contribution >= 4 is 6.09 Å². The van der Waals surface area contributed by atoms with Crippen molar-refractivity contribution in [3.8, 4) is 0 Å². The third kappa shape index (κ3) is 2.61. The minimum absolute atomic E-state index is 0.153. The van der Waals surface area contributed by atoms with Crippen molar-refractivity contribution < 1.29 is 14.6 Å². The van der Waals surface area contributed by atoms with E-state index in [1.54, 1.807) is 4.90 Å². The van der Waals surface area contributed by atoms with Crippen molar-refractivity contribution in [2.75, 3.05) is 19.8 Å². The van der Waals surface area contributed by atoms with E-state index in [-0.39, 0.29) is 24.2 Å². The van der Waals surface area contributed by atoms with Crippen molar-refractivity contribution in [2.24, 2.45) is 5.92 Å². The van der Waals surface area contributed by atoms with E-state index in [0.717, 1.165) is 0 Å². The van der Waals surface area contributed by atoms with Crippen molar-refractivity contribution in [1.82, 2.24) is 4.90 Å². The van der Waals surface area contributed by atoms with E-state index in [1.165, 1.54) is 0 Å². The Bertz CT molecular complexity index is 210. The summed E-state index contributed by atoms with van der Waals surface area (Å²) < 4.78 is 5.06. The summed E-state index contributed by atoms with van der Waals surface area (Å²) in [5.74, 6) is 0.261. The molecule has 1 aliphatic rings. The van der Waals surface area contributed by atoms with Crippen molar-refractivity contribution in [3.63, 3.8) is 0 Å². The standard InChI is InChI=1S/C10H19NO3/c1-10(2,3)11-6-8(4-5-12)7-14-9(11)13/h8,12H,4-7H2,1-3H3. The Morgan fingerprint density at radius 2 is 2.21 bits per heavy atom. The van der Waals surface area contributed by atoms with Crippen molar-refractivity contribution in [3.05, 3.63) is 0 Å². The summed E-state index contributed by atoms with van der Waals surface area (Å²) in [6.45, 7) is 7.22. The molecule has 0 aromatic carbocycles. The van der Waals surface area contributed by atoms with Gasteiger partial charge in [-0.3, -0.25) is 0 Å². The highest BCUT2D eigenvalue weighted by Gasteiger charge is 2.34. The first-order valence-corrected chi connectivity index (χ1v) is 5.00. The third-order valence-corrected chi connectivity index (χ3v) is 2.45. The molecule has 0 radical (unpaired) electrons. The quantitative estimate of drug-likeness (QED) is 0.731. The third-order valence-electron chi connectivity index (χ3n) is 2.45. The van der Waals surface area contributed by atoms with Crippen LogP contribution in [-0.2, 0) is 4.74 Å². The predicted molar refractivity (Wildman–Crippen MR) is 53.0 cm³/mol. The molecule has 0 spiro atoms. The molecule has 1 N–H and O–H groups in total. The van der Waals surface area contributed by atoms with Gasteiger partial charge in [0.15, 0.2) is 0 Å². The average Bonchev–Trinajstić information content (AvgIpc) is 2.07. The number of hydrogen-bond donors (Lipinski definition) is 1. The minimum atomic E-state index is -0.244. The van der Waals surface area contributed by atoms with Crippen LogP contribution in [0.1, 0.15) is 27.2 Å². The summed E-state index contributed by atoms with van der Waals surface area (Å²) in [5.41, 5.74) is -0.203. The second-order valence-corrected chi connectivity index (χ2v) is 4.74. The van der Waals surface area contributed by atoms with Crippen LogP contribution in [0.15, 0.2) is 0 Å². The Kier molecular flexibility index (Phi) is 3.37. The first kappa shape index (κ1) is 11.3. The first-order chi connectivity index (χ1) is 6.45. The zero-order valence-corrected chi connectivity index (χ0v) is 9.12. The summed E-state index contributed by atoms with van der Waals surface area (Å²) in [4.78, 5) is 13.2. The zero-order chi connectivity index (χ0) is 10.8. The van der Waals surface area contributed by atoms with Gasteiger partial charge < -0.3 is 14.7 Å². The number of ether oxygens (including phenoxy) is 1. The maximum Gasteiger partial charge on any atom is 0.410 e. The minimum Gasteiger partial charge on any atom is -0.449 e. The molecule has 0 aromatic heterocycles. The van der Waals surface area contributed by atoms with Gasteiger partial charge in [0, 0.05) is 24.6 Å². The van der Waals surface area contributed by atoms with E-state index in [9.17, 15) is 4.79 Å². The van der Waals surface area contributed by atoms with Crippen LogP contribution >= 0.6 is 0 Å². The molecule has 82 valence electrons. The Hall–Kier alpha value is -0.770. The maximum absolute atomic E-state index is 11.4. The van der Waals surface area contributed by atoms with Crippen LogP contribution in [-0.4, -0.2) is 41.4 Å². The topological polar surface area (TPSA) is 49.8 Å². The highest BCUT2D eigenvalue weighted by molar-refractivity contribution is 5.69. The van der Waals surface area contributed by atoms with Crippen LogP contribution in [0.2, 0.25) is 0 Å². The Balaban J connectivity index is 2.60. The molecule has 1 unspecified atom stereocenters. The molecule has 1 atom stereocenters. The second kappa shape index (κ2) is 4.17. The second-order valence-electron chi connectivity index (χ2n) is 4.74. The van der Waals surface area contributed by atoms with Gasteiger partial charge >= 0.3 is 6.09 Å². The highest BCUT2D eigenvalue weighted by Crippen LogP contribution is 2.22. The summed E-state index contributed by atoms with van der Waals surface area (Å²) in [5, 5.41) is 8.81. The predicted octanol–water partition coefficient (Wildman–Crippen LogP) is 1.24. The summed E-state index contributed by atoms with van der Waals surface area (Å²) in [7, 11) is 0. The maximum atomic E-state index is 11.4. The smallest absolute Gasteiger partial charge is 0.410 e. The molecule has 14 heavy (non-hydrogen) atoms. The van der Waals surface area contributed by atoms with Gasteiger partial charge in [0.1, 0.15) is 0 Å². The average molecular weight is 201 g/mol. The van der Waals surface area contributed by atoms with E-state index in [2.05, 4.69) is 0 Å². The molecular weight excluding hydrogens is 182 g/mol. The molecule has 1 heterocycles. The number of carbonyl (C=O) groups excluding carboxylic acids is 1. The lowest BCUT2D eigenvalue weighted by Gasteiger charge is -2.40. The number of aliphatic hydroxyl groups excluding tert-OH is 1. The van der Waals surface area contributed by atoms with Crippen molar-refractivity contribution in [2.45, 2.75) is 32.7 Å². The summed E-state index contributed by atoms with van der Waals surface area (Å²) >= 11 is 0. The fourth-order valence-electron chi connectivity index (χ4n) is 1.56. The van der Waals surface area contributed by atoms with Gasteiger partial charge in [-0.25, -0.2) is 4.79 Å². The van der Waals surface area contributed by atoms with Gasteiger partial charge in [0.05, 0.1) is 6.61 Å². The van der Waals surface area contributed by atoms with Gasteiger partial charge in [-0.1, -0.05) is 0 Å². The molecule has 0 aliphatic carbocycles. The lowest BCUT2D eigenvalue weighted by molar-refractivity contribution is 0.00360. The molecule has 1 fully saturated rings. The van der Waals surface area contributed by atoms with Gasteiger partial charge in [-0.2, -0.15) is 0 Å². The van der Waals surface area contributed by atoms with Crippen LogP contribution in [0.5, 0.6) is 0 Å². The van der Waals surface area contributed by atoms with Gasteiger partial charge in [0.2, 0.25) is 0 Å². The molecule has 4 heteroatoms. The van der Waals surface area contributed by atoms with Gasteiger partial charge in [-0.15, -0.1) is 0 Å². The van der Waals surface area contributed by atoms with Crippen LogP contribution in [0.4, 0.5) is 4.79 Å².